The van der Waals surface area contributed by atoms with E-state index in [2.05, 4.69) is 84.0 Å². The monoisotopic (exact) mass is 714 g/mol. The van der Waals surface area contributed by atoms with E-state index < -0.39 is 11.7 Å². The molecule has 8 rings (SSSR count). The highest BCUT2D eigenvalue weighted by Crippen LogP contribution is 2.45. The van der Waals surface area contributed by atoms with E-state index in [1.807, 2.05) is 63.7 Å². The van der Waals surface area contributed by atoms with Crippen LogP contribution in [0.1, 0.15) is 69.4 Å². The highest BCUT2D eigenvalue weighted by molar-refractivity contribution is 6.11. The van der Waals surface area contributed by atoms with Crippen molar-refractivity contribution in [2.75, 3.05) is 0 Å². The lowest BCUT2D eigenvalue weighted by molar-refractivity contribution is -0.137. The normalized spacial score (nSPS) is 12.5. The molecule has 0 atom stereocenters. The number of alkyl halides is 3. The molecule has 54 heavy (non-hydrogen) atoms. The Hall–Kier alpha value is -6.31. The van der Waals surface area contributed by atoms with E-state index in [4.69, 9.17) is 0 Å². The van der Waals surface area contributed by atoms with Gasteiger partial charge in [0.25, 0.3) is 0 Å². The lowest BCUT2D eigenvalue weighted by Gasteiger charge is -2.22. The van der Waals surface area contributed by atoms with Crippen molar-refractivity contribution in [3.63, 3.8) is 0 Å². The van der Waals surface area contributed by atoms with E-state index in [-0.39, 0.29) is 33.1 Å². The van der Waals surface area contributed by atoms with Crippen molar-refractivity contribution in [3.8, 4) is 34.6 Å². The molecular formula is C47H37F3N4. The van der Waals surface area contributed by atoms with Gasteiger partial charge in [-0.05, 0) is 76.1 Å². The molecule has 0 spiro atoms. The van der Waals surface area contributed by atoms with Gasteiger partial charge in [-0.1, -0.05) is 108 Å². The predicted octanol–water partition coefficient (Wildman–Crippen LogP) is 12.9. The second-order valence-corrected chi connectivity index (χ2v) is 16.0. The summed E-state index contributed by atoms with van der Waals surface area (Å²) in [6.07, 6.45) is -4.75. The topological polar surface area (TPSA) is 57.4 Å². The molecule has 6 aromatic carbocycles. The second kappa shape index (κ2) is 12.1. The summed E-state index contributed by atoms with van der Waals surface area (Å²) >= 11 is 0. The molecule has 0 bridgehead atoms. The first-order chi connectivity index (χ1) is 25.6. The smallest absolute Gasteiger partial charge is 0.308 e. The van der Waals surface area contributed by atoms with Crippen LogP contribution in [0.2, 0.25) is 0 Å². The molecule has 266 valence electrons. The summed E-state index contributed by atoms with van der Waals surface area (Å²) in [4.78, 5) is 0. The molecule has 0 fully saturated rings. The van der Waals surface area contributed by atoms with Crippen LogP contribution in [0.25, 0.3) is 66.1 Å². The number of rotatable bonds is 3. The fraction of sp³-hybridized carbons (Fsp3) is 0.191. The summed E-state index contributed by atoms with van der Waals surface area (Å²) in [5.41, 5.74) is 5.03. The van der Waals surface area contributed by atoms with Gasteiger partial charge < -0.3 is 9.13 Å². The maximum absolute atomic E-state index is 14.9. The molecule has 0 radical (unpaired) electrons. The molecule has 0 N–H and O–H groups in total. The lowest BCUT2D eigenvalue weighted by atomic mass is 9.86. The minimum atomic E-state index is -4.75. The summed E-state index contributed by atoms with van der Waals surface area (Å²) < 4.78 is 48.8. The maximum Gasteiger partial charge on any atom is 0.417 e. The highest BCUT2D eigenvalue weighted by Gasteiger charge is 2.36. The third-order valence-electron chi connectivity index (χ3n) is 10.5. The first-order valence-corrected chi connectivity index (χ1v) is 17.9. The van der Waals surface area contributed by atoms with Gasteiger partial charge in [-0.2, -0.15) is 23.7 Å². The van der Waals surface area contributed by atoms with E-state index >= 15 is 0 Å². The Labute approximate surface area is 311 Å². The number of halogens is 3. The van der Waals surface area contributed by atoms with Crippen LogP contribution in [-0.2, 0) is 17.0 Å². The summed E-state index contributed by atoms with van der Waals surface area (Å²) in [7, 11) is 0. The van der Waals surface area contributed by atoms with Crippen LogP contribution in [0.4, 0.5) is 13.2 Å². The van der Waals surface area contributed by atoms with Crippen molar-refractivity contribution in [1.82, 2.24) is 9.13 Å². The van der Waals surface area contributed by atoms with E-state index in [0.29, 0.717) is 11.4 Å². The fourth-order valence-electron chi connectivity index (χ4n) is 7.81. The minimum Gasteiger partial charge on any atom is -0.308 e. The molecule has 4 nitrogen and oxygen atoms in total. The fourth-order valence-corrected chi connectivity index (χ4v) is 7.81. The van der Waals surface area contributed by atoms with Gasteiger partial charge in [0, 0.05) is 27.1 Å². The van der Waals surface area contributed by atoms with Crippen LogP contribution >= 0.6 is 0 Å². The first kappa shape index (κ1) is 34.8. The molecule has 0 aliphatic rings. The molecule has 0 aliphatic carbocycles. The van der Waals surface area contributed by atoms with Crippen molar-refractivity contribution >= 4 is 43.6 Å². The van der Waals surface area contributed by atoms with Crippen LogP contribution in [0, 0.1) is 22.7 Å². The number of nitriles is 2. The van der Waals surface area contributed by atoms with Gasteiger partial charge in [0.2, 0.25) is 0 Å². The van der Waals surface area contributed by atoms with Crippen molar-refractivity contribution in [2.24, 2.45) is 0 Å². The number of nitrogens with zero attached hydrogens (tertiary/aromatic N) is 4. The zero-order chi connectivity index (χ0) is 38.3. The third kappa shape index (κ3) is 5.43. The molecule has 0 saturated carbocycles. The van der Waals surface area contributed by atoms with E-state index in [9.17, 15) is 23.7 Å². The van der Waals surface area contributed by atoms with Crippen molar-refractivity contribution in [2.45, 2.75) is 58.5 Å². The largest absolute Gasteiger partial charge is 0.417 e. The highest BCUT2D eigenvalue weighted by atomic mass is 19.4. The molecule has 2 aromatic heterocycles. The Bertz CT molecular complexity index is 2760. The zero-order valence-corrected chi connectivity index (χ0v) is 30.9. The van der Waals surface area contributed by atoms with Gasteiger partial charge in [-0.3, -0.25) is 0 Å². The second-order valence-electron chi connectivity index (χ2n) is 16.0. The third-order valence-corrected chi connectivity index (χ3v) is 10.5. The predicted molar refractivity (Wildman–Crippen MR) is 212 cm³/mol. The van der Waals surface area contributed by atoms with Gasteiger partial charge in [0.1, 0.15) is 11.6 Å². The maximum atomic E-state index is 14.9. The molecule has 0 aliphatic heterocycles. The van der Waals surface area contributed by atoms with E-state index in [1.165, 1.54) is 12.1 Å². The van der Waals surface area contributed by atoms with E-state index in [1.54, 1.807) is 12.1 Å². The standard InChI is InChI=1S/C47H37F3N4/c1-45(2,3)30-18-20-34-32-13-7-9-16-38(32)53(42(34)24-30)40-22-29(44-28(26-51)12-11-15-37(44)47(48,49)50)23-41(36(40)27-52)54-39-17-10-8-14-33(39)35-21-19-31(25-43(35)54)46(4,5)6/h7-25H,1-6H3. The van der Waals surface area contributed by atoms with Gasteiger partial charge in [-0.25, -0.2) is 0 Å². The average molecular weight is 715 g/mol. The van der Waals surface area contributed by atoms with Gasteiger partial charge in [0.15, 0.2) is 0 Å². The molecule has 0 unspecified atom stereocenters. The molecule has 0 amide bonds. The Kier molecular flexibility index (Phi) is 7.80. The number of para-hydroxylation sites is 2. The van der Waals surface area contributed by atoms with Gasteiger partial charge in [-0.15, -0.1) is 0 Å². The summed E-state index contributed by atoms with van der Waals surface area (Å²) in [5.74, 6) is 0. The number of hydrogen-bond donors (Lipinski definition) is 0. The SMILES string of the molecule is CC(C)(C)c1ccc2c3ccccc3n(-c3cc(-c4c(C#N)cccc4C(F)(F)F)cc(-n4c5ccccc5c5ccc(C(C)(C)C)cc54)c3C#N)c2c1. The summed E-state index contributed by atoms with van der Waals surface area (Å²) in [5, 5.41) is 25.4. The number of aromatic nitrogens is 2. The quantitative estimate of drug-likeness (QED) is 0.183. The molecule has 7 heteroatoms. The Morgan fingerprint density at radius 1 is 0.500 bits per heavy atom. The van der Waals surface area contributed by atoms with Crippen molar-refractivity contribution < 1.29 is 13.2 Å². The first-order valence-electron chi connectivity index (χ1n) is 17.9. The minimum absolute atomic E-state index is 0.110. The molecule has 8 aromatic rings. The number of fused-ring (bicyclic) bond motifs is 6. The van der Waals surface area contributed by atoms with Gasteiger partial charge in [0.05, 0.1) is 50.6 Å². The summed E-state index contributed by atoms with van der Waals surface area (Å²) in [6.45, 7) is 12.8. The molecular weight excluding hydrogens is 678 g/mol. The lowest BCUT2D eigenvalue weighted by Crippen LogP contribution is -2.12. The number of benzene rings is 6. The van der Waals surface area contributed by atoms with Crippen LogP contribution in [-0.4, -0.2) is 9.13 Å². The molecule has 2 heterocycles. The van der Waals surface area contributed by atoms with Crippen LogP contribution in [0.15, 0.2) is 115 Å². The van der Waals surface area contributed by atoms with Crippen molar-refractivity contribution in [3.05, 3.63) is 143 Å². The van der Waals surface area contributed by atoms with Gasteiger partial charge >= 0.3 is 6.18 Å². The Morgan fingerprint density at radius 3 is 1.39 bits per heavy atom. The average Bonchev–Trinajstić information content (AvgIpc) is 3.65. The zero-order valence-electron chi connectivity index (χ0n) is 30.9. The van der Waals surface area contributed by atoms with Crippen molar-refractivity contribution in [1.29, 1.82) is 10.5 Å². The Balaban J connectivity index is 1.62. The van der Waals surface area contributed by atoms with E-state index in [0.717, 1.165) is 60.8 Å². The summed E-state index contributed by atoms with van der Waals surface area (Å²) in [6, 6.07) is 39.9. The van der Waals surface area contributed by atoms with Crippen LogP contribution in [0.5, 0.6) is 0 Å². The van der Waals surface area contributed by atoms with Crippen LogP contribution < -0.4 is 0 Å². The van der Waals surface area contributed by atoms with Crippen LogP contribution in [0.3, 0.4) is 0 Å². The molecule has 0 saturated heterocycles. The number of hydrogen-bond acceptors (Lipinski definition) is 2. The Morgan fingerprint density at radius 2 is 0.963 bits per heavy atom.